The van der Waals surface area contributed by atoms with E-state index < -0.39 is 0 Å². The Bertz CT molecular complexity index is 1220. The maximum atomic E-state index is 12.6. The van der Waals surface area contributed by atoms with Crippen LogP contribution in [0.15, 0.2) is 83.5 Å². The molecule has 1 saturated heterocycles. The van der Waals surface area contributed by atoms with E-state index in [2.05, 4.69) is 25.3 Å². The lowest BCUT2D eigenvalue weighted by Gasteiger charge is -2.29. The lowest BCUT2D eigenvalue weighted by atomic mass is 9.97. The zero-order chi connectivity index (χ0) is 23.2. The third-order valence-corrected chi connectivity index (χ3v) is 5.74. The van der Waals surface area contributed by atoms with Crippen molar-refractivity contribution in [1.82, 2.24) is 20.0 Å². The Balaban J connectivity index is 1.11. The van der Waals surface area contributed by atoms with Crippen molar-refractivity contribution in [2.75, 3.05) is 25.0 Å². The summed E-state index contributed by atoms with van der Waals surface area (Å²) in [6.45, 7) is 1.91. The van der Waals surface area contributed by atoms with Gasteiger partial charge in [0, 0.05) is 23.9 Å². The van der Waals surface area contributed by atoms with E-state index >= 15 is 0 Å². The Labute approximate surface area is 197 Å². The number of amides is 1. The van der Waals surface area contributed by atoms with Crippen molar-refractivity contribution in [3.05, 3.63) is 84.9 Å². The minimum atomic E-state index is -0.0504. The van der Waals surface area contributed by atoms with Gasteiger partial charge >= 0.3 is 0 Å². The highest BCUT2D eigenvalue weighted by molar-refractivity contribution is 5.92. The van der Waals surface area contributed by atoms with E-state index in [9.17, 15) is 4.79 Å². The third kappa shape index (κ3) is 5.47. The summed E-state index contributed by atoms with van der Waals surface area (Å²) < 4.78 is 11.3. The average molecular weight is 456 g/mol. The smallest absolute Gasteiger partial charge is 0.238 e. The molecule has 1 N–H and O–H groups in total. The molecule has 1 amide bonds. The minimum Gasteiger partial charge on any atom is -0.457 e. The fraction of sp³-hybridized carbons (Fsp3) is 0.231. The number of para-hydroxylation sites is 1. The summed E-state index contributed by atoms with van der Waals surface area (Å²) in [5.41, 5.74) is 1.41. The standard InChI is InChI=1S/C26H25N5O3/c32-24(28-20-7-6-10-22(17-20)33-21-8-2-1-3-9-21)18-31-15-12-19(13-16-31)26-29-25(30-34-26)23-11-4-5-14-27-23/h1-11,14,17,19H,12-13,15-16,18H2,(H,28,32). The zero-order valence-corrected chi connectivity index (χ0v) is 18.6. The van der Waals surface area contributed by atoms with E-state index in [0.717, 1.165) is 31.7 Å². The second-order valence-corrected chi connectivity index (χ2v) is 8.21. The predicted molar refractivity (Wildman–Crippen MR) is 128 cm³/mol. The van der Waals surface area contributed by atoms with Crippen LogP contribution in [0.1, 0.15) is 24.7 Å². The first-order valence-corrected chi connectivity index (χ1v) is 11.3. The number of hydrogen-bond donors (Lipinski definition) is 1. The molecule has 3 heterocycles. The maximum Gasteiger partial charge on any atom is 0.238 e. The van der Waals surface area contributed by atoms with E-state index in [0.29, 0.717) is 35.4 Å². The molecular formula is C26H25N5O3. The summed E-state index contributed by atoms with van der Waals surface area (Å²) in [5, 5.41) is 7.04. The molecule has 8 nitrogen and oxygen atoms in total. The van der Waals surface area contributed by atoms with Crippen LogP contribution in [-0.2, 0) is 4.79 Å². The van der Waals surface area contributed by atoms with E-state index in [1.807, 2.05) is 72.8 Å². The number of nitrogens with zero attached hydrogens (tertiary/aromatic N) is 4. The lowest BCUT2D eigenvalue weighted by Crippen LogP contribution is -2.38. The number of piperidine rings is 1. The van der Waals surface area contributed by atoms with E-state index in [1.165, 1.54) is 0 Å². The molecule has 0 bridgehead atoms. The van der Waals surface area contributed by atoms with Crippen molar-refractivity contribution < 1.29 is 14.1 Å². The molecule has 2 aromatic carbocycles. The highest BCUT2D eigenvalue weighted by Gasteiger charge is 2.26. The minimum absolute atomic E-state index is 0.0504. The highest BCUT2D eigenvalue weighted by Crippen LogP contribution is 2.28. The number of anilines is 1. The van der Waals surface area contributed by atoms with Gasteiger partial charge in [-0.2, -0.15) is 4.98 Å². The van der Waals surface area contributed by atoms with Gasteiger partial charge in [0.05, 0.1) is 6.54 Å². The molecule has 4 aromatic rings. The van der Waals surface area contributed by atoms with Gasteiger partial charge in [-0.25, -0.2) is 0 Å². The lowest BCUT2D eigenvalue weighted by molar-refractivity contribution is -0.117. The van der Waals surface area contributed by atoms with Crippen LogP contribution < -0.4 is 10.1 Å². The van der Waals surface area contributed by atoms with Crippen molar-refractivity contribution in [3.8, 4) is 23.0 Å². The first kappa shape index (κ1) is 21.8. The Kier molecular flexibility index (Phi) is 6.58. The molecule has 172 valence electrons. The molecular weight excluding hydrogens is 430 g/mol. The van der Waals surface area contributed by atoms with Crippen molar-refractivity contribution in [2.24, 2.45) is 0 Å². The monoisotopic (exact) mass is 455 g/mol. The topological polar surface area (TPSA) is 93.4 Å². The molecule has 8 heteroatoms. The average Bonchev–Trinajstić information content (AvgIpc) is 3.36. The molecule has 0 saturated carbocycles. The molecule has 2 aromatic heterocycles. The fourth-order valence-corrected chi connectivity index (χ4v) is 4.00. The summed E-state index contributed by atoms with van der Waals surface area (Å²) in [6.07, 6.45) is 3.43. The van der Waals surface area contributed by atoms with Crippen LogP contribution in [0.4, 0.5) is 5.69 Å². The Morgan fingerprint density at radius 3 is 2.59 bits per heavy atom. The summed E-state index contributed by atoms with van der Waals surface area (Å²) in [6, 6.07) is 22.6. The van der Waals surface area contributed by atoms with Crippen molar-refractivity contribution >= 4 is 11.6 Å². The van der Waals surface area contributed by atoms with Crippen LogP contribution in [0.5, 0.6) is 11.5 Å². The summed E-state index contributed by atoms with van der Waals surface area (Å²) >= 11 is 0. The normalized spacial score (nSPS) is 14.6. The van der Waals surface area contributed by atoms with Gasteiger partial charge in [0.15, 0.2) is 0 Å². The molecule has 0 atom stereocenters. The number of aromatic nitrogens is 3. The van der Waals surface area contributed by atoms with Crippen molar-refractivity contribution in [3.63, 3.8) is 0 Å². The first-order valence-electron chi connectivity index (χ1n) is 11.3. The van der Waals surface area contributed by atoms with Crippen LogP contribution in [-0.4, -0.2) is 45.6 Å². The molecule has 1 aliphatic rings. The maximum absolute atomic E-state index is 12.6. The van der Waals surface area contributed by atoms with Crippen LogP contribution in [0.25, 0.3) is 11.5 Å². The van der Waals surface area contributed by atoms with Gasteiger partial charge in [-0.1, -0.05) is 35.5 Å². The highest BCUT2D eigenvalue weighted by atomic mass is 16.5. The molecule has 5 rings (SSSR count). The van der Waals surface area contributed by atoms with E-state index in [1.54, 1.807) is 6.20 Å². The largest absolute Gasteiger partial charge is 0.457 e. The summed E-state index contributed by atoms with van der Waals surface area (Å²) in [7, 11) is 0. The molecule has 0 unspecified atom stereocenters. The van der Waals surface area contributed by atoms with Crippen molar-refractivity contribution in [2.45, 2.75) is 18.8 Å². The Morgan fingerprint density at radius 1 is 1.00 bits per heavy atom. The van der Waals surface area contributed by atoms with Crippen LogP contribution in [0.2, 0.25) is 0 Å². The quantitative estimate of drug-likeness (QED) is 0.430. The number of benzene rings is 2. The number of ether oxygens (including phenoxy) is 1. The zero-order valence-electron chi connectivity index (χ0n) is 18.6. The second-order valence-electron chi connectivity index (χ2n) is 8.21. The molecule has 0 spiro atoms. The van der Waals surface area contributed by atoms with Gasteiger partial charge in [0.1, 0.15) is 17.2 Å². The second kappa shape index (κ2) is 10.3. The van der Waals surface area contributed by atoms with E-state index in [-0.39, 0.29) is 11.8 Å². The summed E-state index contributed by atoms with van der Waals surface area (Å²) in [4.78, 5) is 23.6. The first-order chi connectivity index (χ1) is 16.7. The third-order valence-electron chi connectivity index (χ3n) is 5.74. The van der Waals surface area contributed by atoms with E-state index in [4.69, 9.17) is 9.26 Å². The predicted octanol–water partition coefficient (Wildman–Crippen LogP) is 4.74. The molecule has 0 radical (unpaired) electrons. The number of carbonyl (C=O) groups is 1. The van der Waals surface area contributed by atoms with Crippen LogP contribution in [0.3, 0.4) is 0 Å². The Morgan fingerprint density at radius 2 is 1.79 bits per heavy atom. The molecule has 1 aliphatic heterocycles. The molecule has 0 aliphatic carbocycles. The van der Waals surface area contributed by atoms with Gasteiger partial charge in [-0.3, -0.25) is 14.7 Å². The number of nitrogens with one attached hydrogen (secondary N) is 1. The number of rotatable bonds is 7. The number of carbonyl (C=O) groups excluding carboxylic acids is 1. The number of hydrogen-bond acceptors (Lipinski definition) is 7. The van der Waals surface area contributed by atoms with Gasteiger partial charge in [-0.15, -0.1) is 0 Å². The molecule has 1 fully saturated rings. The van der Waals surface area contributed by atoms with Crippen LogP contribution in [0, 0.1) is 0 Å². The van der Waals surface area contributed by atoms with Gasteiger partial charge in [-0.05, 0) is 62.3 Å². The fourth-order valence-electron chi connectivity index (χ4n) is 4.00. The SMILES string of the molecule is O=C(CN1CCC(c2nc(-c3ccccn3)no2)CC1)Nc1cccc(Oc2ccccc2)c1. The summed E-state index contributed by atoms with van der Waals surface area (Å²) in [5.74, 6) is 2.72. The van der Waals surface area contributed by atoms with Crippen LogP contribution >= 0.6 is 0 Å². The Hall–Kier alpha value is -4.04. The number of likely N-dealkylation sites (tertiary alicyclic amines) is 1. The van der Waals surface area contributed by atoms with Gasteiger partial charge in [0.25, 0.3) is 0 Å². The van der Waals surface area contributed by atoms with Crippen molar-refractivity contribution in [1.29, 1.82) is 0 Å². The van der Waals surface area contributed by atoms with Gasteiger partial charge in [0.2, 0.25) is 17.6 Å². The van der Waals surface area contributed by atoms with Gasteiger partial charge < -0.3 is 14.6 Å². The number of pyridine rings is 1. The molecule has 34 heavy (non-hydrogen) atoms.